The molecule has 1 N–H and O–H groups in total. The predicted octanol–water partition coefficient (Wildman–Crippen LogP) is 2.41. The van der Waals surface area contributed by atoms with Gasteiger partial charge in [-0.3, -0.25) is 4.79 Å². The molecule has 1 amide bonds. The second kappa shape index (κ2) is 7.52. The fourth-order valence-electron chi connectivity index (χ4n) is 1.11. The molecule has 0 saturated heterocycles. The number of halogens is 2. The van der Waals surface area contributed by atoms with Crippen molar-refractivity contribution in [1.29, 1.82) is 0 Å². The molecule has 0 aliphatic rings. The van der Waals surface area contributed by atoms with Crippen LogP contribution in [0.15, 0.2) is 24.3 Å². The highest BCUT2D eigenvalue weighted by Gasteiger charge is 2.01. The minimum absolute atomic E-state index is 0.0159. The first kappa shape index (κ1) is 13.3. The van der Waals surface area contributed by atoms with Gasteiger partial charge in [0.2, 0.25) is 5.91 Å². The quantitative estimate of drug-likeness (QED) is 0.629. The fourth-order valence-corrected chi connectivity index (χ4v) is 2.05. The molecule has 0 bridgehead atoms. The van der Waals surface area contributed by atoms with E-state index < -0.39 is 0 Å². The maximum atomic E-state index is 13.2. The number of carbonyl (C=O) groups excluding carboxylic acids is 1. The summed E-state index contributed by atoms with van der Waals surface area (Å²) in [4.78, 5) is 10.8. The van der Waals surface area contributed by atoms with Crippen LogP contribution in [-0.2, 0) is 10.5 Å². The molecule has 1 aromatic rings. The monoisotopic (exact) mass is 261 g/mol. The van der Waals surface area contributed by atoms with Gasteiger partial charge in [-0.2, -0.15) is 11.8 Å². The molecule has 0 fully saturated rings. The van der Waals surface area contributed by atoms with E-state index in [1.165, 1.54) is 6.07 Å². The lowest BCUT2D eigenvalue weighted by molar-refractivity contribution is -0.118. The fraction of sp³-hybridized carbons (Fsp3) is 0.364. The number of nitrogens with one attached hydrogen (secondary N) is 1. The molecule has 0 aromatic heterocycles. The number of alkyl halides is 1. The van der Waals surface area contributed by atoms with E-state index in [0.717, 1.165) is 5.75 Å². The Morgan fingerprint density at radius 1 is 1.44 bits per heavy atom. The van der Waals surface area contributed by atoms with Gasteiger partial charge in [-0.15, -0.1) is 11.6 Å². The van der Waals surface area contributed by atoms with Crippen molar-refractivity contribution < 1.29 is 9.18 Å². The van der Waals surface area contributed by atoms with Crippen molar-refractivity contribution in [1.82, 2.24) is 5.32 Å². The smallest absolute Gasteiger partial charge is 0.234 e. The van der Waals surface area contributed by atoms with Crippen LogP contribution in [0.5, 0.6) is 0 Å². The van der Waals surface area contributed by atoms with Gasteiger partial charge in [-0.05, 0) is 11.6 Å². The van der Waals surface area contributed by atoms with Gasteiger partial charge in [0.05, 0.1) is 0 Å². The molecule has 5 heteroatoms. The molecular formula is C11H13ClFNOS. The van der Waals surface area contributed by atoms with Crippen molar-refractivity contribution in [3.63, 3.8) is 0 Å². The standard InChI is InChI=1S/C11H13ClFNOS/c12-7-11(15)14-5-6-16-8-9-3-1-2-4-10(9)13/h1-4H,5-8H2,(H,14,15). The van der Waals surface area contributed by atoms with Crippen LogP contribution in [0.3, 0.4) is 0 Å². The minimum atomic E-state index is -0.181. The summed E-state index contributed by atoms with van der Waals surface area (Å²) < 4.78 is 13.2. The van der Waals surface area contributed by atoms with Gasteiger partial charge in [0, 0.05) is 18.1 Å². The van der Waals surface area contributed by atoms with Gasteiger partial charge < -0.3 is 5.32 Å². The summed E-state index contributed by atoms with van der Waals surface area (Å²) in [5.74, 6) is 0.992. The molecule has 1 aromatic carbocycles. The Morgan fingerprint density at radius 3 is 2.88 bits per heavy atom. The molecule has 0 aliphatic heterocycles. The Morgan fingerprint density at radius 2 is 2.19 bits per heavy atom. The molecule has 0 heterocycles. The number of hydrogen-bond donors (Lipinski definition) is 1. The summed E-state index contributed by atoms with van der Waals surface area (Å²) in [5.41, 5.74) is 0.691. The Labute approximate surface area is 104 Å². The Balaban J connectivity index is 2.17. The first-order valence-corrected chi connectivity index (χ1v) is 6.56. The van der Waals surface area contributed by atoms with Crippen molar-refractivity contribution in [2.75, 3.05) is 18.2 Å². The van der Waals surface area contributed by atoms with Crippen LogP contribution in [0.2, 0.25) is 0 Å². The molecule has 0 atom stereocenters. The van der Waals surface area contributed by atoms with Crippen LogP contribution in [0.1, 0.15) is 5.56 Å². The van der Waals surface area contributed by atoms with Crippen LogP contribution >= 0.6 is 23.4 Å². The summed E-state index contributed by atoms with van der Waals surface area (Å²) in [5, 5.41) is 2.65. The van der Waals surface area contributed by atoms with Crippen LogP contribution in [0.4, 0.5) is 4.39 Å². The van der Waals surface area contributed by atoms with E-state index >= 15 is 0 Å². The van der Waals surface area contributed by atoms with E-state index in [9.17, 15) is 9.18 Å². The van der Waals surface area contributed by atoms with E-state index in [-0.39, 0.29) is 17.6 Å². The number of thioether (sulfide) groups is 1. The molecule has 88 valence electrons. The number of rotatable bonds is 6. The van der Waals surface area contributed by atoms with Crippen molar-refractivity contribution in [3.8, 4) is 0 Å². The second-order valence-corrected chi connectivity index (χ2v) is 4.50. The molecule has 0 unspecified atom stereocenters. The van der Waals surface area contributed by atoms with Crippen molar-refractivity contribution >= 4 is 29.3 Å². The highest BCUT2D eigenvalue weighted by atomic mass is 35.5. The molecule has 2 nitrogen and oxygen atoms in total. The van der Waals surface area contributed by atoms with Crippen LogP contribution < -0.4 is 5.32 Å². The average molecular weight is 262 g/mol. The maximum Gasteiger partial charge on any atom is 0.234 e. The first-order valence-electron chi connectivity index (χ1n) is 4.88. The highest BCUT2D eigenvalue weighted by molar-refractivity contribution is 7.98. The summed E-state index contributed by atoms with van der Waals surface area (Å²) >= 11 is 6.89. The zero-order valence-corrected chi connectivity index (χ0v) is 10.3. The lowest BCUT2D eigenvalue weighted by atomic mass is 10.2. The van der Waals surface area contributed by atoms with E-state index in [0.29, 0.717) is 17.9 Å². The van der Waals surface area contributed by atoms with E-state index in [1.807, 2.05) is 6.07 Å². The number of hydrogen-bond acceptors (Lipinski definition) is 2. The summed E-state index contributed by atoms with van der Waals surface area (Å²) in [6.45, 7) is 0.560. The number of amides is 1. The third-order valence-electron chi connectivity index (χ3n) is 1.91. The summed E-state index contributed by atoms with van der Waals surface area (Å²) in [6, 6.07) is 6.70. The van der Waals surface area contributed by atoms with E-state index in [2.05, 4.69) is 5.32 Å². The van der Waals surface area contributed by atoms with Gasteiger partial charge in [0.25, 0.3) is 0 Å². The Hall–Kier alpha value is -0.740. The summed E-state index contributed by atoms with van der Waals surface area (Å²) in [6.07, 6.45) is 0. The largest absolute Gasteiger partial charge is 0.354 e. The summed E-state index contributed by atoms with van der Waals surface area (Å²) in [7, 11) is 0. The van der Waals surface area contributed by atoms with Crippen molar-refractivity contribution in [2.45, 2.75) is 5.75 Å². The van der Waals surface area contributed by atoms with E-state index in [4.69, 9.17) is 11.6 Å². The normalized spacial score (nSPS) is 10.1. The molecule has 1 rings (SSSR count). The zero-order valence-electron chi connectivity index (χ0n) is 8.71. The SMILES string of the molecule is O=C(CCl)NCCSCc1ccccc1F. The molecule has 0 saturated carbocycles. The number of carbonyl (C=O) groups is 1. The van der Waals surface area contributed by atoms with Gasteiger partial charge in [0.1, 0.15) is 11.7 Å². The molecule has 0 aliphatic carbocycles. The third-order valence-corrected chi connectivity index (χ3v) is 3.16. The maximum absolute atomic E-state index is 13.2. The Bertz CT molecular complexity index is 349. The number of benzene rings is 1. The van der Waals surface area contributed by atoms with Gasteiger partial charge >= 0.3 is 0 Å². The average Bonchev–Trinajstić information content (AvgIpc) is 2.30. The van der Waals surface area contributed by atoms with Crippen molar-refractivity contribution in [3.05, 3.63) is 35.6 Å². The van der Waals surface area contributed by atoms with Gasteiger partial charge in [-0.1, -0.05) is 18.2 Å². The van der Waals surface area contributed by atoms with E-state index in [1.54, 1.807) is 23.9 Å². The first-order chi connectivity index (χ1) is 7.74. The predicted molar refractivity (Wildman–Crippen MR) is 66.3 cm³/mol. The Kier molecular flexibility index (Phi) is 6.26. The highest BCUT2D eigenvalue weighted by Crippen LogP contribution is 2.14. The second-order valence-electron chi connectivity index (χ2n) is 3.13. The minimum Gasteiger partial charge on any atom is -0.354 e. The van der Waals surface area contributed by atoms with Gasteiger partial charge in [-0.25, -0.2) is 4.39 Å². The van der Waals surface area contributed by atoms with Gasteiger partial charge in [0.15, 0.2) is 0 Å². The molecular weight excluding hydrogens is 249 g/mol. The molecule has 16 heavy (non-hydrogen) atoms. The van der Waals surface area contributed by atoms with Crippen LogP contribution in [0.25, 0.3) is 0 Å². The topological polar surface area (TPSA) is 29.1 Å². The lowest BCUT2D eigenvalue weighted by Gasteiger charge is -2.04. The molecule has 0 radical (unpaired) electrons. The van der Waals surface area contributed by atoms with Crippen LogP contribution in [0, 0.1) is 5.82 Å². The third kappa shape index (κ3) is 4.86. The van der Waals surface area contributed by atoms with Crippen molar-refractivity contribution in [2.24, 2.45) is 0 Å². The lowest BCUT2D eigenvalue weighted by Crippen LogP contribution is -2.26. The van der Waals surface area contributed by atoms with Crippen LogP contribution in [-0.4, -0.2) is 24.1 Å². The molecule has 0 spiro atoms. The zero-order chi connectivity index (χ0) is 11.8.